The third-order valence-corrected chi connectivity index (χ3v) is 3.53. The van der Waals surface area contributed by atoms with E-state index >= 15 is 0 Å². The summed E-state index contributed by atoms with van der Waals surface area (Å²) in [5.41, 5.74) is 2.18. The van der Waals surface area contributed by atoms with Gasteiger partial charge in [0.1, 0.15) is 17.1 Å². The number of methoxy groups -OCH3 is 1. The van der Waals surface area contributed by atoms with Crippen molar-refractivity contribution in [2.45, 2.75) is 6.92 Å². The van der Waals surface area contributed by atoms with E-state index in [-0.39, 0.29) is 5.75 Å². The Kier molecular flexibility index (Phi) is 3.14. The molecule has 106 valence electrons. The minimum atomic E-state index is -0.443. The van der Waals surface area contributed by atoms with E-state index in [1.54, 1.807) is 26.2 Å². The van der Waals surface area contributed by atoms with Gasteiger partial charge >= 0.3 is 5.63 Å². The highest BCUT2D eigenvalue weighted by atomic mass is 16.5. The summed E-state index contributed by atoms with van der Waals surface area (Å²) in [5, 5.41) is 10.5. The van der Waals surface area contributed by atoms with E-state index in [4.69, 9.17) is 9.15 Å². The lowest BCUT2D eigenvalue weighted by Gasteiger charge is -2.09. The minimum absolute atomic E-state index is 0.109. The van der Waals surface area contributed by atoms with E-state index < -0.39 is 5.63 Å². The molecule has 3 rings (SSSR count). The molecule has 2 aromatic carbocycles. The Morgan fingerprint density at radius 2 is 1.81 bits per heavy atom. The highest BCUT2D eigenvalue weighted by molar-refractivity contribution is 5.95. The molecule has 0 fully saturated rings. The van der Waals surface area contributed by atoms with Crippen LogP contribution in [0.15, 0.2) is 51.7 Å². The van der Waals surface area contributed by atoms with Crippen molar-refractivity contribution >= 4 is 11.0 Å². The lowest BCUT2D eigenvalue weighted by atomic mass is 10.00. The van der Waals surface area contributed by atoms with Gasteiger partial charge < -0.3 is 14.3 Å². The normalized spacial score (nSPS) is 10.8. The van der Waals surface area contributed by atoms with Gasteiger partial charge in [-0.3, -0.25) is 0 Å². The molecule has 21 heavy (non-hydrogen) atoms. The third-order valence-electron chi connectivity index (χ3n) is 3.53. The first kappa shape index (κ1) is 13.2. The van der Waals surface area contributed by atoms with E-state index in [2.05, 4.69) is 0 Å². The first-order chi connectivity index (χ1) is 10.1. The summed E-state index contributed by atoms with van der Waals surface area (Å²) in [4.78, 5) is 11.8. The molecule has 4 nitrogen and oxygen atoms in total. The van der Waals surface area contributed by atoms with Gasteiger partial charge in [0.15, 0.2) is 0 Å². The van der Waals surface area contributed by atoms with E-state index in [1.807, 2.05) is 24.3 Å². The number of phenols is 1. The number of aromatic hydroxyl groups is 1. The van der Waals surface area contributed by atoms with E-state index in [0.29, 0.717) is 11.1 Å². The van der Waals surface area contributed by atoms with Crippen LogP contribution in [0.5, 0.6) is 11.5 Å². The number of hydrogen-bond donors (Lipinski definition) is 1. The monoisotopic (exact) mass is 282 g/mol. The summed E-state index contributed by atoms with van der Waals surface area (Å²) in [5.74, 6) is 0.859. The summed E-state index contributed by atoms with van der Waals surface area (Å²) in [7, 11) is 1.60. The third kappa shape index (κ3) is 2.25. The molecule has 0 atom stereocenters. The standard InChI is InChI=1S/C17H14O4/c1-10-15(18)8-7-13-14(9-16(19)21-17(10)13)11-3-5-12(20-2)6-4-11/h3-9,18H,1-2H3. The van der Waals surface area contributed by atoms with Gasteiger partial charge in [-0.15, -0.1) is 0 Å². The van der Waals surface area contributed by atoms with Crippen molar-refractivity contribution in [3.8, 4) is 22.6 Å². The van der Waals surface area contributed by atoms with Gasteiger partial charge in [0.05, 0.1) is 7.11 Å². The van der Waals surface area contributed by atoms with E-state index in [1.165, 1.54) is 6.07 Å². The van der Waals surface area contributed by atoms with Crippen LogP contribution in [-0.4, -0.2) is 12.2 Å². The molecule has 1 aromatic heterocycles. The number of ether oxygens (including phenoxy) is 1. The van der Waals surface area contributed by atoms with Crippen molar-refractivity contribution in [3.05, 3.63) is 58.4 Å². The Morgan fingerprint density at radius 1 is 1.10 bits per heavy atom. The average Bonchev–Trinajstić information content (AvgIpc) is 2.51. The molecule has 0 unspecified atom stereocenters. The highest BCUT2D eigenvalue weighted by Gasteiger charge is 2.12. The fourth-order valence-corrected chi connectivity index (χ4v) is 2.36. The van der Waals surface area contributed by atoms with Crippen LogP contribution in [0.2, 0.25) is 0 Å². The maximum absolute atomic E-state index is 11.8. The van der Waals surface area contributed by atoms with Gasteiger partial charge in [-0.2, -0.15) is 0 Å². The fraction of sp³-hybridized carbons (Fsp3) is 0.118. The van der Waals surface area contributed by atoms with Crippen molar-refractivity contribution in [3.63, 3.8) is 0 Å². The van der Waals surface area contributed by atoms with E-state index in [0.717, 1.165) is 22.3 Å². The first-order valence-electron chi connectivity index (χ1n) is 6.51. The summed E-state index contributed by atoms with van der Waals surface area (Å²) < 4.78 is 10.4. The molecular formula is C17H14O4. The lowest BCUT2D eigenvalue weighted by molar-refractivity contribution is 0.415. The van der Waals surface area contributed by atoms with Gasteiger partial charge in [0.25, 0.3) is 0 Å². The number of benzene rings is 2. The summed E-state index contributed by atoms with van der Waals surface area (Å²) in [6.07, 6.45) is 0. The number of fused-ring (bicyclic) bond motifs is 1. The number of aryl methyl sites for hydroxylation is 1. The zero-order valence-corrected chi connectivity index (χ0v) is 11.7. The van der Waals surface area contributed by atoms with Gasteiger partial charge in [0.2, 0.25) is 0 Å². The maximum atomic E-state index is 11.8. The molecule has 0 radical (unpaired) electrons. The molecule has 0 spiro atoms. The SMILES string of the molecule is COc1ccc(-c2cc(=O)oc3c(C)c(O)ccc23)cc1. The Bertz CT molecular complexity index is 860. The van der Waals surface area contributed by atoms with Crippen LogP contribution in [0.25, 0.3) is 22.1 Å². The molecule has 0 aliphatic heterocycles. The predicted octanol–water partition coefficient (Wildman–Crippen LogP) is 3.48. The Hall–Kier alpha value is -2.75. The molecule has 0 saturated heterocycles. The molecule has 0 aliphatic rings. The number of rotatable bonds is 2. The van der Waals surface area contributed by atoms with Crippen molar-refractivity contribution in [2.24, 2.45) is 0 Å². The topological polar surface area (TPSA) is 59.7 Å². The largest absolute Gasteiger partial charge is 0.508 e. The maximum Gasteiger partial charge on any atom is 0.336 e. The molecule has 3 aromatic rings. The lowest BCUT2D eigenvalue weighted by Crippen LogP contribution is -1.99. The van der Waals surface area contributed by atoms with Crippen LogP contribution in [-0.2, 0) is 0 Å². The summed E-state index contributed by atoms with van der Waals surface area (Å²) in [6.45, 7) is 1.72. The smallest absolute Gasteiger partial charge is 0.336 e. The molecular weight excluding hydrogens is 268 g/mol. The predicted molar refractivity (Wildman–Crippen MR) is 80.9 cm³/mol. The minimum Gasteiger partial charge on any atom is -0.508 e. The molecule has 1 heterocycles. The van der Waals surface area contributed by atoms with Crippen LogP contribution in [0.3, 0.4) is 0 Å². The van der Waals surface area contributed by atoms with E-state index in [9.17, 15) is 9.90 Å². The second-order valence-corrected chi connectivity index (χ2v) is 4.79. The molecule has 0 aliphatic carbocycles. The Balaban J connectivity index is 2.31. The molecule has 0 saturated carbocycles. The zero-order chi connectivity index (χ0) is 15.0. The van der Waals surface area contributed by atoms with Gasteiger partial charge in [-0.05, 0) is 42.3 Å². The molecule has 4 heteroatoms. The van der Waals surface area contributed by atoms with Crippen LogP contribution >= 0.6 is 0 Å². The summed E-state index contributed by atoms with van der Waals surface area (Å²) >= 11 is 0. The van der Waals surface area contributed by atoms with Crippen LogP contribution in [0, 0.1) is 6.92 Å². The van der Waals surface area contributed by atoms with Crippen molar-refractivity contribution in [2.75, 3.05) is 7.11 Å². The average molecular weight is 282 g/mol. The Morgan fingerprint density at radius 3 is 2.48 bits per heavy atom. The quantitative estimate of drug-likeness (QED) is 0.731. The zero-order valence-electron chi connectivity index (χ0n) is 11.7. The highest BCUT2D eigenvalue weighted by Crippen LogP contribution is 2.32. The van der Waals surface area contributed by atoms with Crippen LogP contribution in [0.4, 0.5) is 0 Å². The number of phenolic OH excluding ortho intramolecular Hbond substituents is 1. The van der Waals surface area contributed by atoms with Crippen LogP contribution in [0.1, 0.15) is 5.56 Å². The molecule has 1 N–H and O–H groups in total. The van der Waals surface area contributed by atoms with Crippen LogP contribution < -0.4 is 10.4 Å². The van der Waals surface area contributed by atoms with Gasteiger partial charge in [0, 0.05) is 17.0 Å². The summed E-state index contributed by atoms with van der Waals surface area (Å²) in [6, 6.07) is 12.3. The van der Waals surface area contributed by atoms with Gasteiger partial charge in [-0.1, -0.05) is 12.1 Å². The fourth-order valence-electron chi connectivity index (χ4n) is 2.36. The van der Waals surface area contributed by atoms with Crippen molar-refractivity contribution in [1.82, 2.24) is 0 Å². The molecule has 0 amide bonds. The first-order valence-corrected chi connectivity index (χ1v) is 6.51. The number of hydrogen-bond acceptors (Lipinski definition) is 4. The van der Waals surface area contributed by atoms with Crippen molar-refractivity contribution in [1.29, 1.82) is 0 Å². The van der Waals surface area contributed by atoms with Crippen molar-refractivity contribution < 1.29 is 14.3 Å². The second kappa shape index (κ2) is 4.98. The Labute approximate surface area is 121 Å². The van der Waals surface area contributed by atoms with Gasteiger partial charge in [-0.25, -0.2) is 4.79 Å². The molecule has 0 bridgehead atoms. The second-order valence-electron chi connectivity index (χ2n) is 4.79.